The van der Waals surface area contributed by atoms with E-state index in [-0.39, 0.29) is 29.4 Å². The van der Waals surface area contributed by atoms with Gasteiger partial charge in [0.25, 0.3) is 5.91 Å². The van der Waals surface area contributed by atoms with Crippen molar-refractivity contribution < 1.29 is 9.18 Å². The first-order valence-corrected chi connectivity index (χ1v) is 10.2. The van der Waals surface area contributed by atoms with Gasteiger partial charge < -0.3 is 15.5 Å². The Morgan fingerprint density at radius 2 is 1.77 bits per heavy atom. The number of rotatable bonds is 5. The van der Waals surface area contributed by atoms with Crippen LogP contribution in [-0.4, -0.2) is 42.1 Å². The molecule has 0 spiro atoms. The van der Waals surface area contributed by atoms with E-state index in [0.717, 1.165) is 48.7 Å². The average Bonchev–Trinajstić information content (AvgIpc) is 2.67. The fraction of sp³-hybridized carbons (Fsp3) is 0.476. The Hall–Kier alpha value is -2.12. The standard InChI is InChI=1S/C21H27ClFN5O.ClH/c1-12-19(24-13(2)25-20(12)28(3)4)26-15-6-8-16(9-7-15)27-21(29)14-5-10-18(23)17(22)11-14;/h5,10-11,15-16H,6-9H2,1-4H3,(H,27,29)(H,24,25,26);1H/t15-,16+;. The first kappa shape index (κ1) is 24.2. The summed E-state index contributed by atoms with van der Waals surface area (Å²) in [6, 6.07) is 4.42. The van der Waals surface area contributed by atoms with Crippen molar-refractivity contribution in [3.05, 3.63) is 46.0 Å². The molecule has 1 amide bonds. The van der Waals surface area contributed by atoms with Gasteiger partial charge in [-0.2, -0.15) is 0 Å². The van der Waals surface area contributed by atoms with Crippen molar-refractivity contribution in [2.24, 2.45) is 0 Å². The number of halogens is 3. The maximum atomic E-state index is 13.3. The molecule has 0 radical (unpaired) electrons. The molecular formula is C21H28Cl2FN5O. The highest BCUT2D eigenvalue weighted by Gasteiger charge is 2.24. The van der Waals surface area contributed by atoms with Crippen LogP contribution in [0.25, 0.3) is 0 Å². The highest BCUT2D eigenvalue weighted by atomic mass is 35.5. The monoisotopic (exact) mass is 455 g/mol. The van der Waals surface area contributed by atoms with Crippen LogP contribution in [0.4, 0.5) is 16.0 Å². The van der Waals surface area contributed by atoms with Crippen LogP contribution in [0.15, 0.2) is 18.2 Å². The maximum absolute atomic E-state index is 13.3. The lowest BCUT2D eigenvalue weighted by Crippen LogP contribution is -2.40. The third-order valence-corrected chi connectivity index (χ3v) is 5.53. The fourth-order valence-corrected chi connectivity index (χ4v) is 3.85. The molecular weight excluding hydrogens is 428 g/mol. The molecule has 1 heterocycles. The number of amides is 1. The van der Waals surface area contributed by atoms with Crippen molar-refractivity contribution in [3.8, 4) is 0 Å². The zero-order chi connectivity index (χ0) is 21.1. The predicted molar refractivity (Wildman–Crippen MR) is 122 cm³/mol. The van der Waals surface area contributed by atoms with Crippen molar-refractivity contribution in [2.45, 2.75) is 51.6 Å². The molecule has 3 rings (SSSR count). The third-order valence-electron chi connectivity index (χ3n) is 5.24. The first-order valence-electron chi connectivity index (χ1n) is 9.79. The summed E-state index contributed by atoms with van der Waals surface area (Å²) in [5.74, 6) is 1.78. The van der Waals surface area contributed by atoms with Crippen LogP contribution in [0, 0.1) is 19.7 Å². The molecule has 2 N–H and O–H groups in total. The zero-order valence-electron chi connectivity index (χ0n) is 17.6. The van der Waals surface area contributed by atoms with Crippen LogP contribution in [0.3, 0.4) is 0 Å². The van der Waals surface area contributed by atoms with Crippen molar-refractivity contribution in [1.82, 2.24) is 15.3 Å². The summed E-state index contributed by atoms with van der Waals surface area (Å²) in [6.07, 6.45) is 3.58. The van der Waals surface area contributed by atoms with Gasteiger partial charge in [0.1, 0.15) is 23.3 Å². The summed E-state index contributed by atoms with van der Waals surface area (Å²) in [7, 11) is 3.95. The second kappa shape index (κ2) is 10.3. The summed E-state index contributed by atoms with van der Waals surface area (Å²) in [5.41, 5.74) is 1.41. The fourth-order valence-electron chi connectivity index (χ4n) is 3.67. The number of hydrogen-bond acceptors (Lipinski definition) is 5. The predicted octanol–water partition coefficient (Wildman–Crippen LogP) is 4.53. The van der Waals surface area contributed by atoms with Gasteiger partial charge in [-0.05, 0) is 57.7 Å². The molecule has 6 nitrogen and oxygen atoms in total. The topological polar surface area (TPSA) is 70.2 Å². The summed E-state index contributed by atoms with van der Waals surface area (Å²) in [5, 5.41) is 6.54. The van der Waals surface area contributed by atoms with Crippen LogP contribution < -0.4 is 15.5 Å². The lowest BCUT2D eigenvalue weighted by atomic mass is 9.91. The number of benzene rings is 1. The summed E-state index contributed by atoms with van der Waals surface area (Å²) >= 11 is 5.77. The Labute approximate surface area is 188 Å². The molecule has 1 saturated carbocycles. The van der Waals surface area contributed by atoms with Crippen LogP contribution in [0.1, 0.15) is 47.4 Å². The van der Waals surface area contributed by atoms with E-state index in [9.17, 15) is 9.18 Å². The Balaban J connectivity index is 0.00000320. The number of carbonyl (C=O) groups excluding carboxylic acids is 1. The number of nitrogens with one attached hydrogen (secondary N) is 2. The normalized spacial score (nSPS) is 18.3. The van der Waals surface area contributed by atoms with Crippen LogP contribution >= 0.6 is 24.0 Å². The van der Waals surface area contributed by atoms with Gasteiger partial charge in [-0.1, -0.05) is 11.6 Å². The van der Waals surface area contributed by atoms with Gasteiger partial charge in [-0.15, -0.1) is 12.4 Å². The SMILES string of the molecule is Cc1nc(N[C@H]2CC[C@@H](NC(=O)c3ccc(F)c(Cl)c3)CC2)c(C)c(N(C)C)n1.Cl. The van der Waals surface area contributed by atoms with Crippen LogP contribution in [0.2, 0.25) is 5.02 Å². The molecule has 1 fully saturated rings. The molecule has 9 heteroatoms. The Morgan fingerprint density at radius 1 is 1.13 bits per heavy atom. The van der Waals surface area contributed by atoms with E-state index in [1.165, 1.54) is 18.2 Å². The van der Waals surface area contributed by atoms with Gasteiger partial charge in [-0.3, -0.25) is 4.79 Å². The molecule has 0 aliphatic heterocycles. The lowest BCUT2D eigenvalue weighted by Gasteiger charge is -2.30. The molecule has 30 heavy (non-hydrogen) atoms. The number of nitrogens with zero attached hydrogens (tertiary/aromatic N) is 3. The molecule has 1 aliphatic rings. The molecule has 2 aromatic rings. The van der Waals surface area contributed by atoms with E-state index >= 15 is 0 Å². The zero-order valence-corrected chi connectivity index (χ0v) is 19.2. The van der Waals surface area contributed by atoms with E-state index in [0.29, 0.717) is 11.6 Å². The molecule has 0 atom stereocenters. The Morgan fingerprint density at radius 3 is 2.37 bits per heavy atom. The largest absolute Gasteiger partial charge is 0.367 e. The van der Waals surface area contributed by atoms with Crippen molar-refractivity contribution in [2.75, 3.05) is 24.3 Å². The van der Waals surface area contributed by atoms with Gasteiger partial charge in [0.2, 0.25) is 0 Å². The van der Waals surface area contributed by atoms with Gasteiger partial charge in [-0.25, -0.2) is 14.4 Å². The minimum atomic E-state index is -0.525. The molecule has 1 aliphatic carbocycles. The molecule has 164 valence electrons. The second-order valence-electron chi connectivity index (χ2n) is 7.76. The van der Waals surface area contributed by atoms with Crippen LogP contribution in [-0.2, 0) is 0 Å². The van der Waals surface area contributed by atoms with Gasteiger partial charge in [0.05, 0.1) is 5.02 Å². The number of aryl methyl sites for hydroxylation is 1. The Bertz CT molecular complexity index is 901. The van der Waals surface area contributed by atoms with E-state index in [2.05, 4.69) is 20.6 Å². The van der Waals surface area contributed by atoms with Gasteiger partial charge in [0, 0.05) is 37.3 Å². The maximum Gasteiger partial charge on any atom is 0.251 e. The molecule has 0 unspecified atom stereocenters. The summed E-state index contributed by atoms with van der Waals surface area (Å²) in [6.45, 7) is 3.92. The lowest BCUT2D eigenvalue weighted by molar-refractivity contribution is 0.0926. The van der Waals surface area contributed by atoms with E-state index < -0.39 is 5.82 Å². The second-order valence-corrected chi connectivity index (χ2v) is 8.16. The number of aromatic nitrogens is 2. The molecule has 0 bridgehead atoms. The minimum absolute atomic E-state index is 0. The van der Waals surface area contributed by atoms with Gasteiger partial charge >= 0.3 is 0 Å². The minimum Gasteiger partial charge on any atom is -0.367 e. The van der Waals surface area contributed by atoms with E-state index in [1.807, 2.05) is 32.8 Å². The highest BCUT2D eigenvalue weighted by Crippen LogP contribution is 2.27. The summed E-state index contributed by atoms with van der Waals surface area (Å²) < 4.78 is 13.3. The summed E-state index contributed by atoms with van der Waals surface area (Å²) in [4.78, 5) is 23.5. The number of carbonyl (C=O) groups is 1. The average molecular weight is 456 g/mol. The molecule has 1 aromatic carbocycles. The number of anilines is 2. The van der Waals surface area contributed by atoms with Crippen LogP contribution in [0.5, 0.6) is 0 Å². The van der Waals surface area contributed by atoms with Crippen molar-refractivity contribution in [1.29, 1.82) is 0 Å². The smallest absolute Gasteiger partial charge is 0.251 e. The molecule has 1 aromatic heterocycles. The van der Waals surface area contributed by atoms with E-state index in [4.69, 9.17) is 11.6 Å². The highest BCUT2D eigenvalue weighted by molar-refractivity contribution is 6.31. The third kappa shape index (κ3) is 5.73. The molecule has 0 saturated heterocycles. The van der Waals surface area contributed by atoms with E-state index in [1.54, 1.807) is 0 Å². The van der Waals surface area contributed by atoms with Gasteiger partial charge in [0.15, 0.2) is 0 Å². The Kier molecular flexibility index (Phi) is 8.26. The number of hydrogen-bond donors (Lipinski definition) is 2. The van der Waals surface area contributed by atoms with Crippen molar-refractivity contribution >= 4 is 41.6 Å². The van der Waals surface area contributed by atoms with Crippen molar-refractivity contribution in [3.63, 3.8) is 0 Å². The first-order chi connectivity index (χ1) is 13.7. The quantitative estimate of drug-likeness (QED) is 0.692.